The summed E-state index contributed by atoms with van der Waals surface area (Å²) >= 11 is 1.29. The molecule has 1 aromatic carbocycles. The number of fused-ring (bicyclic) bond motifs is 3. The quantitative estimate of drug-likeness (QED) is 0.791. The SMILES string of the molecule is Cc1nn2c(c1SNC(=O)Nc1c3c(cc4c1CCC4)CCC3)OCCC2. The smallest absolute Gasteiger partial charge is 0.329 e. The predicted molar refractivity (Wildman–Crippen MR) is 106 cm³/mol. The predicted octanol–water partition coefficient (Wildman–Crippen LogP) is 3.78. The maximum atomic E-state index is 12.7. The average molecular weight is 385 g/mol. The molecule has 0 spiro atoms. The largest absolute Gasteiger partial charge is 0.477 e. The second-order valence-electron chi connectivity index (χ2n) is 7.54. The van der Waals surface area contributed by atoms with Crippen LogP contribution in [0.25, 0.3) is 0 Å². The van der Waals surface area contributed by atoms with Crippen LogP contribution in [-0.2, 0) is 32.2 Å². The monoisotopic (exact) mass is 384 g/mol. The maximum absolute atomic E-state index is 12.7. The molecule has 7 heteroatoms. The summed E-state index contributed by atoms with van der Waals surface area (Å²) in [6, 6.07) is 2.20. The van der Waals surface area contributed by atoms with Crippen molar-refractivity contribution >= 4 is 23.7 Å². The molecule has 1 aliphatic heterocycles. The van der Waals surface area contributed by atoms with Gasteiger partial charge in [-0.15, -0.1) is 0 Å². The van der Waals surface area contributed by atoms with Crippen LogP contribution in [0.5, 0.6) is 5.88 Å². The summed E-state index contributed by atoms with van der Waals surface area (Å²) in [6.45, 7) is 3.52. The molecule has 0 atom stereocenters. The van der Waals surface area contributed by atoms with Crippen molar-refractivity contribution in [1.29, 1.82) is 0 Å². The lowest BCUT2D eigenvalue weighted by atomic mass is 9.99. The Morgan fingerprint density at radius 2 is 1.89 bits per heavy atom. The number of ether oxygens (including phenoxy) is 1. The van der Waals surface area contributed by atoms with Crippen LogP contribution < -0.4 is 14.8 Å². The molecule has 2 heterocycles. The first-order valence-electron chi connectivity index (χ1n) is 9.81. The average Bonchev–Trinajstić information content (AvgIpc) is 3.37. The Labute approximate surface area is 163 Å². The van der Waals surface area contributed by atoms with Crippen LogP contribution in [0.15, 0.2) is 11.0 Å². The van der Waals surface area contributed by atoms with Gasteiger partial charge in [-0.25, -0.2) is 9.48 Å². The number of benzene rings is 1. The normalized spacial score (nSPS) is 17.1. The number of aromatic nitrogens is 2. The standard InChI is InChI=1S/C20H24N4O2S/c1-12-18(19-24(22-12)9-4-10-26-19)27-23-20(25)21-17-15-7-2-5-13(15)11-14-6-3-8-16(14)17/h11H,2-10H2,1H3,(H2,21,23,25). The van der Waals surface area contributed by atoms with E-state index in [1.807, 2.05) is 11.6 Å². The van der Waals surface area contributed by atoms with E-state index in [1.165, 1.54) is 47.0 Å². The van der Waals surface area contributed by atoms with Crippen LogP contribution in [0.2, 0.25) is 0 Å². The van der Waals surface area contributed by atoms with Gasteiger partial charge < -0.3 is 10.1 Å². The topological polar surface area (TPSA) is 68.2 Å². The lowest BCUT2D eigenvalue weighted by Gasteiger charge is -2.17. The van der Waals surface area contributed by atoms with Gasteiger partial charge in [0.1, 0.15) is 4.90 Å². The molecule has 2 aromatic rings. The number of carbonyl (C=O) groups excluding carboxylic acids is 1. The summed E-state index contributed by atoms with van der Waals surface area (Å²) in [5.74, 6) is 0.769. The van der Waals surface area contributed by atoms with Crippen molar-refractivity contribution in [2.75, 3.05) is 11.9 Å². The van der Waals surface area contributed by atoms with E-state index in [0.717, 1.165) is 60.8 Å². The van der Waals surface area contributed by atoms with E-state index in [0.29, 0.717) is 6.61 Å². The Morgan fingerprint density at radius 1 is 1.15 bits per heavy atom. The zero-order valence-electron chi connectivity index (χ0n) is 15.6. The van der Waals surface area contributed by atoms with Gasteiger partial charge in [-0.3, -0.25) is 4.72 Å². The van der Waals surface area contributed by atoms with Crippen molar-refractivity contribution in [2.45, 2.75) is 63.3 Å². The highest BCUT2D eigenvalue weighted by atomic mass is 32.2. The molecule has 6 nitrogen and oxygen atoms in total. The highest BCUT2D eigenvalue weighted by Crippen LogP contribution is 2.39. The fraction of sp³-hybridized carbons (Fsp3) is 0.500. The third-order valence-electron chi connectivity index (χ3n) is 5.74. The highest BCUT2D eigenvalue weighted by molar-refractivity contribution is 7.98. The van der Waals surface area contributed by atoms with Gasteiger partial charge in [0.2, 0.25) is 5.88 Å². The Kier molecular flexibility index (Phi) is 4.27. The number of hydrogen-bond donors (Lipinski definition) is 2. The van der Waals surface area contributed by atoms with Crippen molar-refractivity contribution in [2.24, 2.45) is 0 Å². The second-order valence-corrected chi connectivity index (χ2v) is 8.35. The first kappa shape index (κ1) is 17.0. The maximum Gasteiger partial charge on any atom is 0.329 e. The van der Waals surface area contributed by atoms with Gasteiger partial charge in [-0.1, -0.05) is 6.07 Å². The Balaban J connectivity index is 1.34. The zero-order chi connectivity index (χ0) is 18.4. The van der Waals surface area contributed by atoms with Gasteiger partial charge in [-0.05, 0) is 79.7 Å². The molecule has 0 saturated heterocycles. The van der Waals surface area contributed by atoms with Crippen LogP contribution in [0, 0.1) is 6.92 Å². The summed E-state index contributed by atoms with van der Waals surface area (Å²) in [7, 11) is 0. The molecule has 2 N–H and O–H groups in total. The Morgan fingerprint density at radius 3 is 2.63 bits per heavy atom. The lowest BCUT2D eigenvalue weighted by Crippen LogP contribution is -2.24. The minimum Gasteiger partial charge on any atom is -0.477 e. The molecule has 2 aliphatic carbocycles. The van der Waals surface area contributed by atoms with Gasteiger partial charge in [0, 0.05) is 18.7 Å². The van der Waals surface area contributed by atoms with Crippen LogP contribution in [0.4, 0.5) is 10.5 Å². The number of nitrogens with zero attached hydrogens (tertiary/aromatic N) is 2. The van der Waals surface area contributed by atoms with E-state index >= 15 is 0 Å². The van der Waals surface area contributed by atoms with Gasteiger partial charge in [0.15, 0.2) is 0 Å². The molecule has 5 rings (SSSR count). The van der Waals surface area contributed by atoms with Crippen LogP contribution in [-0.4, -0.2) is 22.4 Å². The number of urea groups is 1. The van der Waals surface area contributed by atoms with E-state index in [2.05, 4.69) is 21.2 Å². The second kappa shape index (κ2) is 6.78. The molecule has 0 fully saturated rings. The first-order valence-corrected chi connectivity index (χ1v) is 10.6. The van der Waals surface area contributed by atoms with Crippen molar-refractivity contribution in [3.63, 3.8) is 0 Å². The number of hydrogen-bond acceptors (Lipinski definition) is 4. The fourth-order valence-electron chi connectivity index (χ4n) is 4.54. The third kappa shape index (κ3) is 2.98. The summed E-state index contributed by atoms with van der Waals surface area (Å²) < 4.78 is 10.6. The Bertz CT molecular complexity index is 889. The van der Waals surface area contributed by atoms with Gasteiger partial charge in [0.05, 0.1) is 12.3 Å². The molecular weight excluding hydrogens is 360 g/mol. The van der Waals surface area contributed by atoms with E-state index in [9.17, 15) is 4.79 Å². The lowest BCUT2D eigenvalue weighted by molar-refractivity contribution is 0.225. The van der Waals surface area contributed by atoms with Crippen molar-refractivity contribution < 1.29 is 9.53 Å². The summed E-state index contributed by atoms with van der Waals surface area (Å²) in [6.07, 6.45) is 7.73. The van der Waals surface area contributed by atoms with Crippen molar-refractivity contribution in [3.05, 3.63) is 34.0 Å². The van der Waals surface area contributed by atoms with E-state index in [-0.39, 0.29) is 6.03 Å². The number of aryl methyl sites for hydroxylation is 4. The number of amides is 2. The molecule has 0 radical (unpaired) electrons. The van der Waals surface area contributed by atoms with Crippen molar-refractivity contribution in [3.8, 4) is 5.88 Å². The molecular formula is C20H24N4O2S. The van der Waals surface area contributed by atoms with E-state index < -0.39 is 0 Å². The molecule has 0 bridgehead atoms. The highest BCUT2D eigenvalue weighted by Gasteiger charge is 2.26. The molecule has 27 heavy (non-hydrogen) atoms. The van der Waals surface area contributed by atoms with Gasteiger partial charge in [0.25, 0.3) is 0 Å². The van der Waals surface area contributed by atoms with E-state index in [4.69, 9.17) is 4.74 Å². The molecule has 1 aromatic heterocycles. The van der Waals surface area contributed by atoms with Crippen molar-refractivity contribution in [1.82, 2.24) is 14.5 Å². The fourth-order valence-corrected chi connectivity index (χ4v) is 5.23. The molecule has 2 amide bonds. The summed E-state index contributed by atoms with van der Waals surface area (Å²) in [5.41, 5.74) is 7.50. The minimum atomic E-state index is -0.176. The van der Waals surface area contributed by atoms with Gasteiger partial charge >= 0.3 is 6.03 Å². The van der Waals surface area contributed by atoms with Crippen LogP contribution in [0.1, 0.15) is 47.2 Å². The number of carbonyl (C=O) groups is 1. The number of rotatable bonds is 3. The third-order valence-corrected chi connectivity index (χ3v) is 6.70. The number of nitrogens with one attached hydrogen (secondary N) is 2. The number of anilines is 1. The molecule has 0 saturated carbocycles. The summed E-state index contributed by atoms with van der Waals surface area (Å²) in [4.78, 5) is 13.6. The molecule has 3 aliphatic rings. The van der Waals surface area contributed by atoms with Gasteiger partial charge in [-0.2, -0.15) is 5.10 Å². The van der Waals surface area contributed by atoms with E-state index in [1.54, 1.807) is 0 Å². The van der Waals surface area contributed by atoms with Crippen LogP contribution in [0.3, 0.4) is 0 Å². The Hall–Kier alpha value is -2.15. The van der Waals surface area contributed by atoms with Crippen LogP contribution >= 0.6 is 11.9 Å². The minimum absolute atomic E-state index is 0.176. The molecule has 0 unspecified atom stereocenters. The first-order chi connectivity index (χ1) is 13.2. The molecule has 142 valence electrons. The zero-order valence-corrected chi connectivity index (χ0v) is 16.4. The summed E-state index contributed by atoms with van der Waals surface area (Å²) in [5, 5.41) is 7.67.